The fraction of sp³-hybridized carbons (Fsp3) is 0.923. The van der Waals surface area contributed by atoms with Crippen LogP contribution in [0.1, 0.15) is 19.8 Å². The van der Waals surface area contributed by atoms with Crippen LogP contribution in [0.5, 0.6) is 0 Å². The van der Waals surface area contributed by atoms with Crippen molar-refractivity contribution in [2.24, 2.45) is 5.92 Å². The van der Waals surface area contributed by atoms with Crippen LogP contribution in [0.15, 0.2) is 0 Å². The molecule has 0 saturated carbocycles. The summed E-state index contributed by atoms with van der Waals surface area (Å²) < 4.78 is 0. The fourth-order valence-electron chi connectivity index (χ4n) is 2.83. The average Bonchev–Trinajstić information content (AvgIpc) is 2.47. The number of carbonyl (C=O) groups is 1. The zero-order valence-electron chi connectivity index (χ0n) is 11.3. The fourth-order valence-corrected chi connectivity index (χ4v) is 2.83. The van der Waals surface area contributed by atoms with Gasteiger partial charge in [0.05, 0.1) is 6.04 Å². The van der Waals surface area contributed by atoms with E-state index in [1.54, 1.807) is 0 Å². The third-order valence-corrected chi connectivity index (χ3v) is 4.24. The van der Waals surface area contributed by atoms with Crippen LogP contribution in [0, 0.1) is 5.92 Å². The summed E-state index contributed by atoms with van der Waals surface area (Å²) in [6.45, 7) is 7.76. The van der Waals surface area contributed by atoms with E-state index in [0.29, 0.717) is 5.92 Å². The summed E-state index contributed by atoms with van der Waals surface area (Å²) in [7, 11) is 0. The van der Waals surface area contributed by atoms with E-state index < -0.39 is 0 Å². The molecule has 0 aliphatic carbocycles. The lowest BCUT2D eigenvalue weighted by Gasteiger charge is -2.37. The first-order chi connectivity index (χ1) is 8.72. The molecule has 0 aromatic heterocycles. The molecule has 2 N–H and O–H groups in total. The smallest absolute Gasteiger partial charge is 0.239 e. The van der Waals surface area contributed by atoms with Gasteiger partial charge in [0.1, 0.15) is 0 Å². The SMILES string of the molecule is CC(C(=O)N1CCC(CO)CC1)N1CCNCC1. The molecule has 0 radical (unpaired) electrons. The maximum Gasteiger partial charge on any atom is 0.239 e. The summed E-state index contributed by atoms with van der Waals surface area (Å²) in [5, 5.41) is 12.4. The second kappa shape index (κ2) is 6.50. The molecule has 1 atom stereocenters. The standard InChI is InChI=1S/C13H25N3O2/c1-11(15-8-4-14-5-9-15)13(18)16-6-2-12(10-17)3-7-16/h11-12,14,17H,2-10H2,1H3. The number of piperidine rings is 1. The van der Waals surface area contributed by atoms with Crippen LogP contribution in [0.25, 0.3) is 0 Å². The minimum Gasteiger partial charge on any atom is -0.396 e. The van der Waals surface area contributed by atoms with E-state index in [1.807, 2.05) is 11.8 Å². The highest BCUT2D eigenvalue weighted by Gasteiger charge is 2.29. The van der Waals surface area contributed by atoms with E-state index in [1.165, 1.54) is 0 Å². The van der Waals surface area contributed by atoms with Crippen molar-refractivity contribution in [1.29, 1.82) is 0 Å². The van der Waals surface area contributed by atoms with E-state index >= 15 is 0 Å². The Kier molecular flexibility index (Phi) is 4.97. The van der Waals surface area contributed by atoms with Gasteiger partial charge in [0.2, 0.25) is 5.91 Å². The number of aliphatic hydroxyl groups excluding tert-OH is 1. The molecule has 2 aliphatic rings. The molecule has 5 nitrogen and oxygen atoms in total. The van der Waals surface area contributed by atoms with Crippen molar-refractivity contribution in [3.05, 3.63) is 0 Å². The first-order valence-corrected chi connectivity index (χ1v) is 7.06. The lowest BCUT2D eigenvalue weighted by atomic mass is 9.97. The van der Waals surface area contributed by atoms with Gasteiger partial charge in [0.25, 0.3) is 0 Å². The predicted molar refractivity (Wildman–Crippen MR) is 70.3 cm³/mol. The summed E-state index contributed by atoms with van der Waals surface area (Å²) in [6.07, 6.45) is 1.88. The third kappa shape index (κ3) is 3.22. The van der Waals surface area contributed by atoms with E-state index in [9.17, 15) is 4.79 Å². The second-order valence-corrected chi connectivity index (χ2v) is 5.41. The summed E-state index contributed by atoms with van der Waals surface area (Å²) in [5.74, 6) is 0.650. The van der Waals surface area contributed by atoms with Crippen molar-refractivity contribution < 1.29 is 9.90 Å². The van der Waals surface area contributed by atoms with Gasteiger partial charge in [-0.2, -0.15) is 0 Å². The Morgan fingerprint density at radius 1 is 1.28 bits per heavy atom. The Morgan fingerprint density at radius 3 is 2.44 bits per heavy atom. The number of amides is 1. The van der Waals surface area contributed by atoms with Gasteiger partial charge in [-0.05, 0) is 25.7 Å². The number of likely N-dealkylation sites (tertiary alicyclic amines) is 1. The van der Waals surface area contributed by atoms with Gasteiger partial charge in [0, 0.05) is 45.9 Å². The van der Waals surface area contributed by atoms with Crippen molar-refractivity contribution in [2.75, 3.05) is 45.9 Å². The molecule has 104 valence electrons. The number of piperazine rings is 1. The molecule has 2 rings (SSSR count). The molecule has 0 aromatic rings. The minimum absolute atomic E-state index is 0.00206. The van der Waals surface area contributed by atoms with Crippen LogP contribution >= 0.6 is 0 Å². The van der Waals surface area contributed by atoms with Gasteiger partial charge >= 0.3 is 0 Å². The molecule has 2 aliphatic heterocycles. The summed E-state index contributed by atoms with van der Waals surface area (Å²) >= 11 is 0. The topological polar surface area (TPSA) is 55.8 Å². The minimum atomic E-state index is -0.00206. The van der Waals surface area contributed by atoms with Crippen molar-refractivity contribution in [1.82, 2.24) is 15.1 Å². The monoisotopic (exact) mass is 255 g/mol. The van der Waals surface area contributed by atoms with Gasteiger partial charge in [-0.15, -0.1) is 0 Å². The van der Waals surface area contributed by atoms with Crippen LogP contribution in [-0.2, 0) is 4.79 Å². The Labute approximate surface area is 109 Å². The molecule has 18 heavy (non-hydrogen) atoms. The predicted octanol–water partition coefficient (Wildman–Crippen LogP) is -0.489. The van der Waals surface area contributed by atoms with Crippen LogP contribution < -0.4 is 5.32 Å². The highest BCUT2D eigenvalue weighted by atomic mass is 16.3. The molecule has 2 heterocycles. The highest BCUT2D eigenvalue weighted by molar-refractivity contribution is 5.81. The quantitative estimate of drug-likeness (QED) is 0.714. The third-order valence-electron chi connectivity index (χ3n) is 4.24. The Balaban J connectivity index is 1.83. The van der Waals surface area contributed by atoms with Gasteiger partial charge in [-0.1, -0.05) is 0 Å². The number of hydrogen-bond donors (Lipinski definition) is 2. The van der Waals surface area contributed by atoms with Gasteiger partial charge in [-0.3, -0.25) is 9.69 Å². The Morgan fingerprint density at radius 2 is 1.89 bits per heavy atom. The van der Waals surface area contributed by atoms with Gasteiger partial charge < -0.3 is 15.3 Å². The lowest BCUT2D eigenvalue weighted by Crippen LogP contribution is -2.54. The molecule has 5 heteroatoms. The molecule has 0 bridgehead atoms. The molecule has 1 amide bonds. The first-order valence-electron chi connectivity index (χ1n) is 7.06. The molecular weight excluding hydrogens is 230 g/mol. The number of nitrogens with zero attached hydrogens (tertiary/aromatic N) is 2. The van der Waals surface area contributed by atoms with Crippen LogP contribution in [-0.4, -0.2) is 72.7 Å². The number of aliphatic hydroxyl groups is 1. The van der Waals surface area contributed by atoms with E-state index in [0.717, 1.165) is 52.1 Å². The maximum atomic E-state index is 12.4. The Hall–Kier alpha value is -0.650. The molecule has 0 spiro atoms. The average molecular weight is 255 g/mol. The number of nitrogens with one attached hydrogen (secondary N) is 1. The summed E-state index contributed by atoms with van der Waals surface area (Å²) in [5.41, 5.74) is 0. The van der Waals surface area contributed by atoms with Crippen molar-refractivity contribution >= 4 is 5.91 Å². The zero-order chi connectivity index (χ0) is 13.0. The van der Waals surface area contributed by atoms with Crippen LogP contribution in [0.4, 0.5) is 0 Å². The van der Waals surface area contributed by atoms with Crippen molar-refractivity contribution in [3.8, 4) is 0 Å². The summed E-state index contributed by atoms with van der Waals surface area (Å²) in [4.78, 5) is 16.6. The van der Waals surface area contributed by atoms with Gasteiger partial charge in [-0.25, -0.2) is 0 Å². The van der Waals surface area contributed by atoms with Crippen molar-refractivity contribution in [2.45, 2.75) is 25.8 Å². The molecule has 1 unspecified atom stereocenters. The normalized spacial score (nSPS) is 25.1. The Bertz CT molecular complexity index is 271. The van der Waals surface area contributed by atoms with Crippen LogP contribution in [0.3, 0.4) is 0 Å². The van der Waals surface area contributed by atoms with E-state index in [2.05, 4.69) is 10.2 Å². The first kappa shape index (κ1) is 13.8. The second-order valence-electron chi connectivity index (χ2n) is 5.41. The number of carbonyl (C=O) groups excluding carboxylic acids is 1. The van der Waals surface area contributed by atoms with E-state index in [4.69, 9.17) is 5.11 Å². The van der Waals surface area contributed by atoms with Gasteiger partial charge in [0.15, 0.2) is 0 Å². The molecule has 0 aromatic carbocycles. The largest absolute Gasteiger partial charge is 0.396 e. The highest BCUT2D eigenvalue weighted by Crippen LogP contribution is 2.18. The number of hydrogen-bond acceptors (Lipinski definition) is 4. The molecule has 2 fully saturated rings. The van der Waals surface area contributed by atoms with Crippen LogP contribution in [0.2, 0.25) is 0 Å². The molecular formula is C13H25N3O2. The van der Waals surface area contributed by atoms with E-state index in [-0.39, 0.29) is 18.6 Å². The van der Waals surface area contributed by atoms with Crippen molar-refractivity contribution in [3.63, 3.8) is 0 Å². The zero-order valence-corrected chi connectivity index (χ0v) is 11.3. The summed E-state index contributed by atoms with van der Waals surface area (Å²) in [6, 6.07) is -0.00206. The molecule has 2 saturated heterocycles. The lowest BCUT2D eigenvalue weighted by molar-refractivity contribution is -0.138. The maximum absolute atomic E-state index is 12.4. The number of rotatable bonds is 3.